The molecular weight excluding hydrogens is 380 g/mol. The van der Waals surface area contributed by atoms with Crippen LogP contribution in [0.25, 0.3) is 11.5 Å². The van der Waals surface area contributed by atoms with Crippen LogP contribution in [0.2, 0.25) is 0 Å². The Labute approximate surface area is 177 Å². The summed E-state index contributed by atoms with van der Waals surface area (Å²) in [5.74, 6) is 2.61. The number of hydrogen-bond acceptors (Lipinski definition) is 4. The van der Waals surface area contributed by atoms with Crippen LogP contribution in [0.4, 0.5) is 0 Å². The second kappa shape index (κ2) is 7.33. The van der Waals surface area contributed by atoms with E-state index in [1.54, 1.807) is 29.0 Å². The molecule has 0 saturated heterocycles. The molecule has 2 aromatic heterocycles. The van der Waals surface area contributed by atoms with Crippen LogP contribution in [0, 0.1) is 23.2 Å². The number of hydrogen-bond donors (Lipinski definition) is 1. The number of nitrogens with zero attached hydrogens (tertiary/aromatic N) is 1. The van der Waals surface area contributed by atoms with Crippen LogP contribution in [-0.2, 0) is 16.1 Å². The van der Waals surface area contributed by atoms with E-state index in [2.05, 4.69) is 12.2 Å². The molecule has 0 radical (unpaired) electrons. The smallest absolute Gasteiger partial charge is 0.354 e. The van der Waals surface area contributed by atoms with E-state index >= 15 is 0 Å². The summed E-state index contributed by atoms with van der Waals surface area (Å²) in [5.41, 5.74) is 1.29. The topological polar surface area (TPSA) is 73.5 Å². The largest absolute Gasteiger partial charge is 0.464 e. The molecule has 1 N–H and O–H groups in total. The first-order valence-corrected chi connectivity index (χ1v) is 11.1. The van der Waals surface area contributed by atoms with E-state index in [0.29, 0.717) is 17.1 Å². The van der Waals surface area contributed by atoms with Gasteiger partial charge in [-0.25, -0.2) is 4.79 Å². The summed E-state index contributed by atoms with van der Waals surface area (Å²) in [7, 11) is 1.35. The molecule has 160 valence electrons. The van der Waals surface area contributed by atoms with Crippen molar-refractivity contribution in [2.45, 2.75) is 58.0 Å². The van der Waals surface area contributed by atoms with Gasteiger partial charge >= 0.3 is 5.97 Å². The molecule has 0 unspecified atom stereocenters. The molecule has 4 aliphatic carbocycles. The van der Waals surface area contributed by atoms with Gasteiger partial charge in [0, 0.05) is 6.04 Å². The minimum atomic E-state index is -0.463. The van der Waals surface area contributed by atoms with Crippen molar-refractivity contribution in [3.05, 3.63) is 36.2 Å². The lowest BCUT2D eigenvalue weighted by Gasteiger charge is -2.59. The average molecular weight is 411 g/mol. The Morgan fingerprint density at radius 3 is 2.40 bits per heavy atom. The van der Waals surface area contributed by atoms with Crippen molar-refractivity contribution in [1.82, 2.24) is 9.88 Å². The number of aromatic nitrogens is 1. The van der Waals surface area contributed by atoms with E-state index < -0.39 is 5.97 Å². The number of rotatable bonds is 6. The predicted molar refractivity (Wildman–Crippen MR) is 112 cm³/mol. The van der Waals surface area contributed by atoms with Gasteiger partial charge in [-0.05, 0) is 92.9 Å². The van der Waals surface area contributed by atoms with E-state index in [1.807, 2.05) is 6.07 Å². The lowest BCUT2D eigenvalue weighted by Crippen LogP contribution is -2.56. The minimum Gasteiger partial charge on any atom is -0.464 e. The Morgan fingerprint density at radius 1 is 1.17 bits per heavy atom. The van der Waals surface area contributed by atoms with Crippen LogP contribution in [0.3, 0.4) is 0 Å². The van der Waals surface area contributed by atoms with Crippen molar-refractivity contribution >= 4 is 11.9 Å². The first-order chi connectivity index (χ1) is 14.5. The summed E-state index contributed by atoms with van der Waals surface area (Å²) in [6.07, 6.45) is 9.48. The van der Waals surface area contributed by atoms with Gasteiger partial charge in [-0.1, -0.05) is 0 Å². The van der Waals surface area contributed by atoms with Crippen molar-refractivity contribution in [3.63, 3.8) is 0 Å². The number of methoxy groups -OCH3 is 1. The molecule has 0 aliphatic heterocycles. The Morgan fingerprint density at radius 2 is 1.83 bits per heavy atom. The van der Waals surface area contributed by atoms with Crippen molar-refractivity contribution in [3.8, 4) is 11.5 Å². The van der Waals surface area contributed by atoms with Gasteiger partial charge in [-0.2, -0.15) is 0 Å². The van der Waals surface area contributed by atoms with Gasteiger partial charge in [0.25, 0.3) is 0 Å². The number of carbonyl (C=O) groups excluding carboxylic acids is 2. The van der Waals surface area contributed by atoms with Gasteiger partial charge in [0.2, 0.25) is 5.91 Å². The number of furan rings is 1. The zero-order valence-electron chi connectivity index (χ0n) is 17.7. The maximum absolute atomic E-state index is 13.1. The first-order valence-electron chi connectivity index (χ1n) is 11.1. The molecule has 30 heavy (non-hydrogen) atoms. The number of amides is 1. The standard InChI is InChI=1S/C24H30N2O4/c1-15(24-11-16-8-17(12-24)10-18(9-16)13-24)25-22(27)14-26-19(21-4-3-7-30-21)5-6-20(26)23(28)29-2/h3-7,15-18H,8-14H2,1-2H3,(H,25,27)/t15-,16?,17?,18?,24?/m1/s1. The number of carbonyl (C=O) groups is 2. The highest BCUT2D eigenvalue weighted by molar-refractivity contribution is 5.90. The molecule has 4 bridgehead atoms. The number of nitrogens with one attached hydrogen (secondary N) is 1. The fraction of sp³-hybridized carbons (Fsp3) is 0.583. The highest BCUT2D eigenvalue weighted by atomic mass is 16.5. The molecule has 6 rings (SSSR count). The fourth-order valence-electron chi connectivity index (χ4n) is 6.85. The molecule has 1 atom stereocenters. The maximum Gasteiger partial charge on any atom is 0.354 e. The molecule has 6 nitrogen and oxygen atoms in total. The van der Waals surface area contributed by atoms with Crippen molar-refractivity contribution < 1.29 is 18.7 Å². The molecule has 1 amide bonds. The maximum atomic E-state index is 13.1. The SMILES string of the molecule is COC(=O)c1ccc(-c2ccco2)n1CC(=O)N[C@H](C)C12CC3CC(CC(C3)C1)C2. The first kappa shape index (κ1) is 19.5. The van der Waals surface area contributed by atoms with Crippen LogP contribution in [0.5, 0.6) is 0 Å². The summed E-state index contributed by atoms with van der Waals surface area (Å²) in [6, 6.07) is 7.23. The average Bonchev–Trinajstić information content (AvgIpc) is 3.36. The van der Waals surface area contributed by atoms with Gasteiger partial charge < -0.3 is 19.0 Å². The molecule has 0 spiro atoms. The number of esters is 1. The Bertz CT molecular complexity index is 907. The zero-order chi connectivity index (χ0) is 20.9. The molecule has 6 heteroatoms. The highest BCUT2D eigenvalue weighted by Gasteiger charge is 2.53. The third-order valence-corrected chi connectivity index (χ3v) is 7.83. The molecule has 4 aliphatic rings. The lowest BCUT2D eigenvalue weighted by molar-refractivity contribution is -0.126. The third-order valence-electron chi connectivity index (χ3n) is 7.83. The van der Waals surface area contributed by atoms with Crippen LogP contribution < -0.4 is 5.32 Å². The molecule has 0 aromatic carbocycles. The fourth-order valence-corrected chi connectivity index (χ4v) is 6.85. The Balaban J connectivity index is 1.34. The van der Waals surface area contributed by atoms with E-state index in [4.69, 9.17) is 9.15 Å². The van der Waals surface area contributed by atoms with Crippen molar-refractivity contribution in [2.75, 3.05) is 7.11 Å². The molecule has 4 saturated carbocycles. The predicted octanol–water partition coefficient (Wildman–Crippen LogP) is 4.26. The normalized spacial score (nSPS) is 30.3. The second-order valence-electron chi connectivity index (χ2n) is 9.73. The summed E-state index contributed by atoms with van der Waals surface area (Å²) in [5, 5.41) is 3.29. The van der Waals surface area contributed by atoms with Gasteiger partial charge in [-0.3, -0.25) is 4.79 Å². The summed E-state index contributed by atoms with van der Waals surface area (Å²) < 4.78 is 12.1. The second-order valence-corrected chi connectivity index (χ2v) is 9.73. The Kier molecular flexibility index (Phi) is 4.75. The minimum absolute atomic E-state index is 0.0597. The van der Waals surface area contributed by atoms with Gasteiger partial charge in [0.05, 0.1) is 19.1 Å². The summed E-state index contributed by atoms with van der Waals surface area (Å²) in [4.78, 5) is 25.3. The van der Waals surface area contributed by atoms with Gasteiger partial charge in [0.15, 0.2) is 0 Å². The highest BCUT2D eigenvalue weighted by Crippen LogP contribution is 2.61. The third kappa shape index (κ3) is 3.26. The van der Waals surface area contributed by atoms with Crippen LogP contribution in [-0.4, -0.2) is 29.6 Å². The van der Waals surface area contributed by atoms with Crippen molar-refractivity contribution in [2.24, 2.45) is 23.2 Å². The molecule has 4 fully saturated rings. The zero-order valence-corrected chi connectivity index (χ0v) is 17.7. The lowest BCUT2D eigenvalue weighted by atomic mass is 9.48. The Hall–Kier alpha value is -2.50. The van der Waals surface area contributed by atoms with Crippen LogP contribution >= 0.6 is 0 Å². The van der Waals surface area contributed by atoms with Crippen LogP contribution in [0.15, 0.2) is 34.9 Å². The van der Waals surface area contributed by atoms with E-state index in [1.165, 1.54) is 45.6 Å². The van der Waals surface area contributed by atoms with Crippen LogP contribution in [0.1, 0.15) is 55.9 Å². The van der Waals surface area contributed by atoms with E-state index in [-0.39, 0.29) is 23.9 Å². The van der Waals surface area contributed by atoms with Gasteiger partial charge in [0.1, 0.15) is 18.0 Å². The number of ether oxygens (including phenoxy) is 1. The molecular formula is C24H30N2O4. The van der Waals surface area contributed by atoms with E-state index in [9.17, 15) is 9.59 Å². The van der Waals surface area contributed by atoms with E-state index in [0.717, 1.165) is 17.8 Å². The molecule has 2 aromatic rings. The summed E-state index contributed by atoms with van der Waals surface area (Å²) in [6.45, 7) is 2.24. The molecule has 2 heterocycles. The van der Waals surface area contributed by atoms with Gasteiger partial charge in [-0.15, -0.1) is 0 Å². The quantitative estimate of drug-likeness (QED) is 0.723. The van der Waals surface area contributed by atoms with Crippen molar-refractivity contribution in [1.29, 1.82) is 0 Å². The monoisotopic (exact) mass is 410 g/mol. The summed E-state index contributed by atoms with van der Waals surface area (Å²) >= 11 is 0.